The molecule has 0 aliphatic heterocycles. The van der Waals surface area contributed by atoms with Crippen LogP contribution in [0.1, 0.15) is 25.3 Å². The van der Waals surface area contributed by atoms with Gasteiger partial charge in [0.15, 0.2) is 10.8 Å². The van der Waals surface area contributed by atoms with Crippen molar-refractivity contribution >= 4 is 11.3 Å². The molecule has 0 aliphatic rings. The van der Waals surface area contributed by atoms with Crippen molar-refractivity contribution < 1.29 is 4.42 Å². The van der Waals surface area contributed by atoms with Crippen molar-refractivity contribution in [3.05, 3.63) is 29.0 Å². The highest BCUT2D eigenvalue weighted by Crippen LogP contribution is 2.28. The summed E-state index contributed by atoms with van der Waals surface area (Å²) in [5.74, 6) is 1.71. The van der Waals surface area contributed by atoms with Crippen LogP contribution in [0, 0.1) is 6.92 Å². The third-order valence-electron chi connectivity index (χ3n) is 2.12. The van der Waals surface area contributed by atoms with Crippen molar-refractivity contribution in [3.63, 3.8) is 0 Å². The van der Waals surface area contributed by atoms with E-state index in [4.69, 9.17) is 10.2 Å². The van der Waals surface area contributed by atoms with Crippen LogP contribution >= 0.6 is 11.3 Å². The van der Waals surface area contributed by atoms with Crippen LogP contribution in [-0.4, -0.2) is 4.98 Å². The van der Waals surface area contributed by atoms with Gasteiger partial charge in [0, 0.05) is 5.38 Å². The number of hydrogen-bond donors (Lipinski definition) is 1. The summed E-state index contributed by atoms with van der Waals surface area (Å²) < 4.78 is 5.50. The van der Waals surface area contributed by atoms with Crippen molar-refractivity contribution in [2.24, 2.45) is 5.73 Å². The molecule has 0 saturated heterocycles. The molecule has 0 fully saturated rings. The first-order valence-corrected chi connectivity index (χ1v) is 5.66. The molecule has 0 atom stereocenters. The molecular formula is C11H14N2OS. The summed E-state index contributed by atoms with van der Waals surface area (Å²) in [5, 5.41) is 2.87. The molecule has 2 rings (SSSR count). The molecule has 2 heterocycles. The van der Waals surface area contributed by atoms with Gasteiger partial charge >= 0.3 is 0 Å². The fraction of sp³-hybridized carbons (Fsp3) is 0.364. The summed E-state index contributed by atoms with van der Waals surface area (Å²) >= 11 is 1.56. The van der Waals surface area contributed by atoms with Gasteiger partial charge in [0.25, 0.3) is 0 Å². The van der Waals surface area contributed by atoms with E-state index in [2.05, 4.69) is 4.98 Å². The molecule has 0 aliphatic carbocycles. The van der Waals surface area contributed by atoms with E-state index in [0.29, 0.717) is 0 Å². The molecule has 0 saturated carbocycles. The van der Waals surface area contributed by atoms with E-state index in [1.165, 1.54) is 0 Å². The summed E-state index contributed by atoms with van der Waals surface area (Å²) in [5.41, 5.74) is 6.47. The quantitative estimate of drug-likeness (QED) is 0.850. The molecule has 2 aromatic rings. The van der Waals surface area contributed by atoms with Crippen molar-refractivity contribution in [1.29, 1.82) is 0 Å². The fourth-order valence-electron chi connectivity index (χ4n) is 1.23. The first kappa shape index (κ1) is 10.4. The van der Waals surface area contributed by atoms with Gasteiger partial charge in [-0.15, -0.1) is 11.3 Å². The lowest BCUT2D eigenvalue weighted by molar-refractivity contribution is 0.533. The molecule has 0 spiro atoms. The predicted molar refractivity (Wildman–Crippen MR) is 61.8 cm³/mol. The Balaban J connectivity index is 2.36. The highest BCUT2D eigenvalue weighted by molar-refractivity contribution is 7.13. The maximum absolute atomic E-state index is 5.97. The Bertz CT molecular complexity index is 465. The summed E-state index contributed by atoms with van der Waals surface area (Å²) in [4.78, 5) is 4.46. The second-order valence-electron chi connectivity index (χ2n) is 4.17. The second kappa shape index (κ2) is 3.47. The van der Waals surface area contributed by atoms with Gasteiger partial charge < -0.3 is 10.2 Å². The molecule has 0 unspecified atom stereocenters. The monoisotopic (exact) mass is 222 g/mol. The number of rotatable bonds is 2. The van der Waals surface area contributed by atoms with E-state index in [0.717, 1.165) is 22.2 Å². The SMILES string of the molecule is Cc1ccc(-c2nc(C(C)(C)N)cs2)o1. The second-order valence-corrected chi connectivity index (χ2v) is 5.03. The maximum Gasteiger partial charge on any atom is 0.162 e. The fourth-order valence-corrected chi connectivity index (χ4v) is 2.19. The largest absolute Gasteiger partial charge is 0.459 e. The Hall–Kier alpha value is -1.13. The molecule has 0 aromatic carbocycles. The zero-order valence-electron chi connectivity index (χ0n) is 9.07. The summed E-state index contributed by atoms with van der Waals surface area (Å²) in [7, 11) is 0. The molecule has 2 N–H and O–H groups in total. The van der Waals surface area contributed by atoms with Gasteiger partial charge in [-0.05, 0) is 32.9 Å². The molecule has 4 heteroatoms. The third kappa shape index (κ3) is 2.11. The minimum Gasteiger partial charge on any atom is -0.459 e. The number of nitrogens with two attached hydrogens (primary N) is 1. The number of thiazole rings is 1. The molecule has 2 aromatic heterocycles. The Labute approximate surface area is 92.9 Å². The van der Waals surface area contributed by atoms with Crippen LogP contribution in [-0.2, 0) is 5.54 Å². The molecule has 3 nitrogen and oxygen atoms in total. The topological polar surface area (TPSA) is 52.0 Å². The van der Waals surface area contributed by atoms with Crippen LogP contribution in [0.4, 0.5) is 0 Å². The van der Waals surface area contributed by atoms with E-state index >= 15 is 0 Å². The molecule has 0 radical (unpaired) electrons. The van der Waals surface area contributed by atoms with Crippen LogP contribution in [0.25, 0.3) is 10.8 Å². The van der Waals surface area contributed by atoms with Gasteiger partial charge in [-0.2, -0.15) is 0 Å². The van der Waals surface area contributed by atoms with Gasteiger partial charge in [0.2, 0.25) is 0 Å². The van der Waals surface area contributed by atoms with Gasteiger partial charge in [0.05, 0.1) is 11.2 Å². The smallest absolute Gasteiger partial charge is 0.162 e. The van der Waals surface area contributed by atoms with E-state index in [1.807, 2.05) is 38.3 Å². The normalized spacial score (nSPS) is 12.0. The Morgan fingerprint density at radius 2 is 2.13 bits per heavy atom. The Kier molecular flexibility index (Phi) is 2.40. The van der Waals surface area contributed by atoms with Crippen LogP contribution in [0.5, 0.6) is 0 Å². The molecule has 15 heavy (non-hydrogen) atoms. The highest BCUT2D eigenvalue weighted by Gasteiger charge is 2.19. The van der Waals surface area contributed by atoms with Gasteiger partial charge in [0.1, 0.15) is 5.76 Å². The van der Waals surface area contributed by atoms with Gasteiger partial charge in [-0.1, -0.05) is 0 Å². The van der Waals surface area contributed by atoms with Crippen molar-refractivity contribution in [2.45, 2.75) is 26.3 Å². The molecule has 0 bridgehead atoms. The van der Waals surface area contributed by atoms with E-state index in [-0.39, 0.29) is 0 Å². The number of hydrogen-bond acceptors (Lipinski definition) is 4. The standard InChI is InChI=1S/C11H14N2OS/c1-7-4-5-8(14-7)10-13-9(6-15-10)11(2,3)12/h4-6H,12H2,1-3H3. The first-order valence-electron chi connectivity index (χ1n) is 4.78. The number of aryl methyl sites for hydroxylation is 1. The third-order valence-corrected chi connectivity index (χ3v) is 2.97. The van der Waals surface area contributed by atoms with Gasteiger partial charge in [-0.25, -0.2) is 4.98 Å². The number of furan rings is 1. The van der Waals surface area contributed by atoms with Crippen LogP contribution in [0.2, 0.25) is 0 Å². The highest BCUT2D eigenvalue weighted by atomic mass is 32.1. The van der Waals surface area contributed by atoms with Crippen molar-refractivity contribution in [1.82, 2.24) is 4.98 Å². The summed E-state index contributed by atoms with van der Waals surface area (Å²) in [6.45, 7) is 5.81. The lowest BCUT2D eigenvalue weighted by Gasteiger charge is -2.14. The van der Waals surface area contributed by atoms with Crippen LogP contribution < -0.4 is 5.73 Å². The summed E-state index contributed by atoms with van der Waals surface area (Å²) in [6.07, 6.45) is 0. The van der Waals surface area contributed by atoms with E-state index < -0.39 is 5.54 Å². The Morgan fingerprint density at radius 1 is 1.40 bits per heavy atom. The first-order chi connectivity index (χ1) is 6.97. The maximum atomic E-state index is 5.97. The lowest BCUT2D eigenvalue weighted by atomic mass is 10.0. The van der Waals surface area contributed by atoms with Crippen LogP contribution in [0.15, 0.2) is 21.9 Å². The average molecular weight is 222 g/mol. The molecular weight excluding hydrogens is 208 g/mol. The van der Waals surface area contributed by atoms with Crippen molar-refractivity contribution in [2.75, 3.05) is 0 Å². The zero-order chi connectivity index (χ0) is 11.1. The molecule has 80 valence electrons. The minimum atomic E-state index is -0.392. The minimum absolute atomic E-state index is 0.392. The van der Waals surface area contributed by atoms with Crippen LogP contribution in [0.3, 0.4) is 0 Å². The summed E-state index contributed by atoms with van der Waals surface area (Å²) in [6, 6.07) is 3.87. The lowest BCUT2D eigenvalue weighted by Crippen LogP contribution is -2.28. The Morgan fingerprint density at radius 3 is 2.60 bits per heavy atom. The zero-order valence-corrected chi connectivity index (χ0v) is 9.89. The van der Waals surface area contributed by atoms with E-state index in [1.54, 1.807) is 11.3 Å². The van der Waals surface area contributed by atoms with E-state index in [9.17, 15) is 0 Å². The number of nitrogens with zero attached hydrogens (tertiary/aromatic N) is 1. The van der Waals surface area contributed by atoms with Gasteiger partial charge in [-0.3, -0.25) is 0 Å². The number of aromatic nitrogens is 1. The molecule has 0 amide bonds. The van der Waals surface area contributed by atoms with Crippen molar-refractivity contribution in [3.8, 4) is 10.8 Å². The predicted octanol–water partition coefficient (Wildman–Crippen LogP) is 2.91. The average Bonchev–Trinajstić information content (AvgIpc) is 2.69.